The lowest BCUT2D eigenvalue weighted by Crippen LogP contribution is -2.28. The maximum absolute atomic E-state index is 12.6. The first kappa shape index (κ1) is 8.94. The second-order valence-corrected chi connectivity index (χ2v) is 5.24. The van der Waals surface area contributed by atoms with E-state index in [9.17, 15) is 4.79 Å². The lowest BCUT2D eigenvalue weighted by molar-refractivity contribution is -0.125. The smallest absolute Gasteiger partial charge is 0.157 e. The van der Waals surface area contributed by atoms with Gasteiger partial charge >= 0.3 is 0 Å². The van der Waals surface area contributed by atoms with Crippen molar-refractivity contribution >= 4 is 5.78 Å². The number of hydrogen-bond donors (Lipinski definition) is 0. The number of hydrogen-bond acceptors (Lipinski definition) is 2. The number of carbonyl (C=O) groups excluding carboxylic acids is 1. The fraction of sp³-hybridized carbons (Fsp3) is 0.500. The van der Waals surface area contributed by atoms with Crippen LogP contribution in [0.3, 0.4) is 0 Å². The highest BCUT2D eigenvalue weighted by molar-refractivity contribution is 5.99. The van der Waals surface area contributed by atoms with Crippen LogP contribution in [-0.4, -0.2) is 19.0 Å². The van der Waals surface area contributed by atoms with E-state index in [-0.39, 0.29) is 11.3 Å². The monoisotopic (exact) mass is 214 g/mol. The van der Waals surface area contributed by atoms with E-state index in [0.29, 0.717) is 19.0 Å². The third-order valence-corrected chi connectivity index (χ3v) is 4.54. The van der Waals surface area contributed by atoms with Gasteiger partial charge < -0.3 is 4.74 Å². The maximum Gasteiger partial charge on any atom is 0.157 e. The average molecular weight is 214 g/mol. The van der Waals surface area contributed by atoms with Gasteiger partial charge in [0.1, 0.15) is 0 Å². The molecule has 1 spiro atoms. The zero-order valence-electron chi connectivity index (χ0n) is 9.16. The molecule has 0 aromatic heterocycles. The summed E-state index contributed by atoms with van der Waals surface area (Å²) < 4.78 is 5.49. The van der Waals surface area contributed by atoms with E-state index in [1.807, 2.05) is 0 Å². The summed E-state index contributed by atoms with van der Waals surface area (Å²) in [5.74, 6) is 0.427. The minimum absolute atomic E-state index is 0.0179. The molecule has 3 aliphatic carbocycles. The Morgan fingerprint density at radius 3 is 3.25 bits per heavy atom. The standard InChI is InChI=1S/C14H14O2/c15-13-11-3-5-14(13)4-1-2-10(14)6-9-7-16-8-12(9)11/h3,5-6,11H,1-2,4,7-8H2. The predicted molar refractivity (Wildman–Crippen MR) is 59.8 cm³/mol. The van der Waals surface area contributed by atoms with Crippen molar-refractivity contribution < 1.29 is 9.53 Å². The highest BCUT2D eigenvalue weighted by atomic mass is 16.5. The molecule has 2 bridgehead atoms. The van der Waals surface area contributed by atoms with Crippen LogP contribution in [-0.2, 0) is 9.53 Å². The van der Waals surface area contributed by atoms with E-state index >= 15 is 0 Å². The van der Waals surface area contributed by atoms with Crippen LogP contribution in [0.25, 0.3) is 0 Å². The summed E-state index contributed by atoms with van der Waals surface area (Å²) in [4.78, 5) is 12.6. The molecule has 0 aromatic carbocycles. The topological polar surface area (TPSA) is 26.3 Å². The van der Waals surface area contributed by atoms with Crippen molar-refractivity contribution in [2.45, 2.75) is 19.3 Å². The van der Waals surface area contributed by atoms with Gasteiger partial charge in [0.05, 0.1) is 24.5 Å². The summed E-state index contributed by atoms with van der Waals surface area (Å²) in [5.41, 5.74) is 3.63. The van der Waals surface area contributed by atoms with Gasteiger partial charge in [-0.15, -0.1) is 0 Å². The van der Waals surface area contributed by atoms with Gasteiger partial charge in [-0.05, 0) is 30.4 Å². The zero-order chi connectivity index (χ0) is 10.8. The SMILES string of the molecule is O=C1C2C=CC13CCCC3=CC1=C2COC1. The van der Waals surface area contributed by atoms with Crippen LogP contribution in [0.5, 0.6) is 0 Å². The van der Waals surface area contributed by atoms with Crippen molar-refractivity contribution in [1.29, 1.82) is 0 Å². The molecule has 0 radical (unpaired) electrons. The van der Waals surface area contributed by atoms with Crippen molar-refractivity contribution in [2.24, 2.45) is 11.3 Å². The second-order valence-electron chi connectivity index (χ2n) is 5.24. The van der Waals surface area contributed by atoms with Gasteiger partial charge in [-0.2, -0.15) is 0 Å². The van der Waals surface area contributed by atoms with Gasteiger partial charge in [0.25, 0.3) is 0 Å². The summed E-state index contributed by atoms with van der Waals surface area (Å²) in [6, 6.07) is 0. The van der Waals surface area contributed by atoms with Gasteiger partial charge in [0, 0.05) is 0 Å². The Bertz CT molecular complexity index is 481. The van der Waals surface area contributed by atoms with Crippen molar-refractivity contribution in [2.75, 3.05) is 13.2 Å². The highest BCUT2D eigenvalue weighted by Gasteiger charge is 2.51. The van der Waals surface area contributed by atoms with Crippen molar-refractivity contribution in [3.63, 3.8) is 0 Å². The molecule has 2 atom stereocenters. The van der Waals surface area contributed by atoms with Gasteiger partial charge in [0.15, 0.2) is 5.78 Å². The Morgan fingerprint density at radius 1 is 1.38 bits per heavy atom. The van der Waals surface area contributed by atoms with Crippen LogP contribution >= 0.6 is 0 Å². The van der Waals surface area contributed by atoms with E-state index in [1.165, 1.54) is 16.7 Å². The summed E-state index contributed by atoms with van der Waals surface area (Å²) in [5, 5.41) is 0. The van der Waals surface area contributed by atoms with Crippen LogP contribution in [0.15, 0.2) is 34.9 Å². The van der Waals surface area contributed by atoms with E-state index in [4.69, 9.17) is 4.74 Å². The molecule has 82 valence electrons. The van der Waals surface area contributed by atoms with Crippen molar-refractivity contribution in [1.82, 2.24) is 0 Å². The van der Waals surface area contributed by atoms with Crippen LogP contribution in [0.2, 0.25) is 0 Å². The molecule has 0 aromatic rings. The number of Topliss-reactive ketones (excluding diaryl/α,β-unsaturated/α-hetero) is 1. The number of ether oxygens (including phenoxy) is 1. The molecular formula is C14H14O2. The molecule has 4 aliphatic rings. The molecule has 16 heavy (non-hydrogen) atoms. The molecule has 0 saturated heterocycles. The minimum Gasteiger partial charge on any atom is -0.372 e. The first-order chi connectivity index (χ1) is 7.81. The molecule has 0 N–H and O–H groups in total. The number of allylic oxidation sites excluding steroid dienone is 3. The largest absolute Gasteiger partial charge is 0.372 e. The number of carbonyl (C=O) groups is 1. The first-order valence-electron chi connectivity index (χ1n) is 6.06. The van der Waals surface area contributed by atoms with Gasteiger partial charge in [-0.3, -0.25) is 4.79 Å². The zero-order valence-corrected chi connectivity index (χ0v) is 9.16. The van der Waals surface area contributed by atoms with Crippen LogP contribution < -0.4 is 0 Å². The fourth-order valence-corrected chi connectivity index (χ4v) is 3.69. The Balaban J connectivity index is 1.98. The van der Waals surface area contributed by atoms with Crippen molar-refractivity contribution in [3.05, 3.63) is 34.9 Å². The second kappa shape index (κ2) is 2.75. The summed E-state index contributed by atoms with van der Waals surface area (Å²) >= 11 is 0. The van der Waals surface area contributed by atoms with Crippen LogP contribution in [0.1, 0.15) is 19.3 Å². The molecule has 1 fully saturated rings. The Morgan fingerprint density at radius 2 is 2.31 bits per heavy atom. The molecule has 2 heteroatoms. The molecule has 1 aliphatic heterocycles. The van der Waals surface area contributed by atoms with E-state index in [2.05, 4.69) is 18.2 Å². The lowest BCUT2D eigenvalue weighted by Gasteiger charge is -2.22. The maximum atomic E-state index is 12.6. The predicted octanol–water partition coefficient (Wildman–Crippen LogP) is 2.18. The Labute approximate surface area is 94.7 Å². The molecule has 1 heterocycles. The van der Waals surface area contributed by atoms with E-state index in [1.54, 1.807) is 0 Å². The number of fused-ring (bicyclic) bond motifs is 2. The number of rotatable bonds is 0. The van der Waals surface area contributed by atoms with Crippen LogP contribution in [0, 0.1) is 11.3 Å². The van der Waals surface area contributed by atoms with Gasteiger partial charge in [-0.25, -0.2) is 0 Å². The quantitative estimate of drug-likeness (QED) is 0.578. The normalized spacial score (nSPS) is 39.9. The minimum atomic E-state index is -0.213. The molecular weight excluding hydrogens is 200 g/mol. The van der Waals surface area contributed by atoms with Gasteiger partial charge in [-0.1, -0.05) is 23.8 Å². The molecule has 4 rings (SSSR count). The molecule has 2 nitrogen and oxygen atoms in total. The molecule has 0 amide bonds. The highest BCUT2D eigenvalue weighted by Crippen LogP contribution is 2.53. The summed E-state index contributed by atoms with van der Waals surface area (Å²) in [6.07, 6.45) is 9.80. The summed E-state index contributed by atoms with van der Waals surface area (Å²) in [6.45, 7) is 1.35. The molecule has 2 unspecified atom stereocenters. The number of ketones is 1. The third-order valence-electron chi connectivity index (χ3n) is 4.54. The summed E-state index contributed by atoms with van der Waals surface area (Å²) in [7, 11) is 0. The van der Waals surface area contributed by atoms with E-state index in [0.717, 1.165) is 19.3 Å². The van der Waals surface area contributed by atoms with Crippen LogP contribution in [0.4, 0.5) is 0 Å². The Hall–Kier alpha value is -1.15. The third kappa shape index (κ3) is 0.858. The van der Waals surface area contributed by atoms with Gasteiger partial charge in [0.2, 0.25) is 0 Å². The van der Waals surface area contributed by atoms with E-state index < -0.39 is 0 Å². The molecule has 1 saturated carbocycles. The fourth-order valence-electron chi connectivity index (χ4n) is 3.69. The Kier molecular flexibility index (Phi) is 1.54. The van der Waals surface area contributed by atoms with Crippen molar-refractivity contribution in [3.8, 4) is 0 Å². The average Bonchev–Trinajstić information content (AvgIpc) is 2.92. The first-order valence-corrected chi connectivity index (χ1v) is 6.06. The lowest BCUT2D eigenvalue weighted by atomic mass is 9.79.